The molecule has 0 aliphatic carbocycles. The van der Waals surface area contributed by atoms with E-state index in [2.05, 4.69) is 0 Å². The highest BCUT2D eigenvalue weighted by atomic mass is 32.3. The van der Waals surface area contributed by atoms with Crippen molar-refractivity contribution >= 4 is 22.6 Å². The topological polar surface area (TPSA) is 138 Å². The molecule has 1 aromatic carbocycles. The van der Waals surface area contributed by atoms with E-state index in [1.165, 1.54) is 12.0 Å². The number of amides is 2. The number of hydrogen-bond acceptors (Lipinski definition) is 7. The van der Waals surface area contributed by atoms with Crippen LogP contribution in [0.3, 0.4) is 0 Å². The standard InChI is InChI=1S/C22H28N4O7S/c1-32-15-4-5-18-16(11-15)20-17(13-34(18,30)31)19(21(27)24-7-9-33-10-8-24)23-26(20)14-3-2-6-25(12-14)22(28)29/h4-5,11,14,30-31H,2-3,6-10,12-13H2,1H3,(H,28,29). The lowest BCUT2D eigenvalue weighted by Gasteiger charge is -2.39. The quantitative estimate of drug-likeness (QED) is 0.595. The smallest absolute Gasteiger partial charge is 0.407 e. The van der Waals surface area contributed by atoms with Crippen LogP contribution in [-0.2, 0) is 10.5 Å². The summed E-state index contributed by atoms with van der Waals surface area (Å²) < 4.78 is 34.5. The number of likely N-dealkylation sites (tertiary alicyclic amines) is 1. The summed E-state index contributed by atoms with van der Waals surface area (Å²) in [5, 5.41) is 14.3. The number of benzene rings is 1. The fraction of sp³-hybridized carbons (Fsp3) is 0.500. The zero-order valence-electron chi connectivity index (χ0n) is 18.8. The Hall–Kier alpha value is -2.80. The van der Waals surface area contributed by atoms with Crippen molar-refractivity contribution in [2.45, 2.75) is 29.5 Å². The van der Waals surface area contributed by atoms with Crippen LogP contribution in [0.15, 0.2) is 23.1 Å². The molecule has 2 fully saturated rings. The highest BCUT2D eigenvalue weighted by Gasteiger charge is 2.39. The molecule has 0 spiro atoms. The van der Waals surface area contributed by atoms with Gasteiger partial charge < -0.3 is 24.4 Å². The first-order chi connectivity index (χ1) is 16.3. The predicted octanol–water partition coefficient (Wildman–Crippen LogP) is 2.97. The molecule has 2 amide bonds. The summed E-state index contributed by atoms with van der Waals surface area (Å²) >= 11 is 0. The average Bonchev–Trinajstić information content (AvgIpc) is 3.22. The first kappa shape index (κ1) is 23.0. The number of piperidine rings is 1. The Balaban J connectivity index is 1.67. The van der Waals surface area contributed by atoms with E-state index in [1.807, 2.05) is 0 Å². The van der Waals surface area contributed by atoms with Crippen molar-refractivity contribution in [3.63, 3.8) is 0 Å². The SMILES string of the molecule is COc1ccc2c(c1)-c1c(c(C(=O)N3CCOCC3)nn1C1CCCN(C(=O)O)C1)CS2(O)O. The van der Waals surface area contributed by atoms with Gasteiger partial charge in [0.15, 0.2) is 5.69 Å². The maximum Gasteiger partial charge on any atom is 0.407 e. The minimum absolute atomic E-state index is 0.123. The molecule has 4 heterocycles. The highest BCUT2D eigenvalue weighted by molar-refractivity contribution is 8.23. The number of ether oxygens (including phenoxy) is 2. The number of methoxy groups -OCH3 is 1. The van der Waals surface area contributed by atoms with E-state index in [-0.39, 0.29) is 29.9 Å². The van der Waals surface area contributed by atoms with Crippen LogP contribution in [-0.4, -0.2) is 92.3 Å². The molecule has 1 atom stereocenters. The first-order valence-corrected chi connectivity index (χ1v) is 12.9. The van der Waals surface area contributed by atoms with E-state index in [0.717, 1.165) is 0 Å². The van der Waals surface area contributed by atoms with E-state index in [1.54, 1.807) is 27.8 Å². The van der Waals surface area contributed by atoms with Gasteiger partial charge in [0.25, 0.3) is 5.91 Å². The Bertz CT molecular complexity index is 1130. The maximum absolute atomic E-state index is 13.5. The number of aromatic nitrogens is 2. The molecule has 3 aliphatic heterocycles. The zero-order chi connectivity index (χ0) is 24.0. The average molecular weight is 493 g/mol. The van der Waals surface area contributed by atoms with Crippen molar-refractivity contribution in [2.75, 3.05) is 46.5 Å². The van der Waals surface area contributed by atoms with Crippen molar-refractivity contribution in [2.24, 2.45) is 0 Å². The number of morpholine rings is 1. The van der Waals surface area contributed by atoms with Crippen LogP contribution >= 0.6 is 10.6 Å². The van der Waals surface area contributed by atoms with Crippen LogP contribution in [0, 0.1) is 0 Å². The lowest BCUT2D eigenvalue weighted by Crippen LogP contribution is -2.41. The van der Waals surface area contributed by atoms with Crippen LogP contribution in [0.1, 0.15) is 34.9 Å². The molecule has 12 heteroatoms. The second kappa shape index (κ2) is 8.77. The molecule has 0 radical (unpaired) electrons. The van der Waals surface area contributed by atoms with Gasteiger partial charge in [0.05, 0.1) is 42.7 Å². The van der Waals surface area contributed by atoms with Crippen molar-refractivity contribution in [3.05, 3.63) is 29.5 Å². The number of rotatable bonds is 3. The fourth-order valence-electron chi connectivity index (χ4n) is 4.96. The lowest BCUT2D eigenvalue weighted by atomic mass is 10.0. The van der Waals surface area contributed by atoms with Gasteiger partial charge in [0, 0.05) is 37.3 Å². The molecule has 0 saturated carbocycles. The summed E-state index contributed by atoms with van der Waals surface area (Å²) in [4.78, 5) is 28.5. The molecule has 1 unspecified atom stereocenters. The van der Waals surface area contributed by atoms with Gasteiger partial charge in [-0.2, -0.15) is 15.7 Å². The van der Waals surface area contributed by atoms with Gasteiger partial charge in [-0.25, -0.2) is 4.79 Å². The Morgan fingerprint density at radius 2 is 1.94 bits per heavy atom. The zero-order valence-corrected chi connectivity index (χ0v) is 19.7. The van der Waals surface area contributed by atoms with E-state index < -0.39 is 16.7 Å². The molecule has 1 aromatic heterocycles. The summed E-state index contributed by atoms with van der Waals surface area (Å²) in [5.74, 6) is 0.125. The van der Waals surface area contributed by atoms with E-state index in [9.17, 15) is 23.8 Å². The molecule has 5 rings (SSSR count). The Labute approximate surface area is 198 Å². The van der Waals surface area contributed by atoms with Crippen molar-refractivity contribution in [1.82, 2.24) is 19.6 Å². The molecule has 184 valence electrons. The Kier molecular flexibility index (Phi) is 5.92. The number of carbonyl (C=O) groups excluding carboxylic acids is 1. The van der Waals surface area contributed by atoms with Gasteiger partial charge in [-0.3, -0.25) is 18.6 Å². The predicted molar refractivity (Wildman–Crippen MR) is 124 cm³/mol. The van der Waals surface area contributed by atoms with Gasteiger partial charge in [0.1, 0.15) is 5.75 Å². The first-order valence-electron chi connectivity index (χ1n) is 11.2. The third kappa shape index (κ3) is 3.90. The fourth-order valence-corrected chi connectivity index (χ4v) is 6.58. The van der Waals surface area contributed by atoms with Crippen LogP contribution in [0.5, 0.6) is 5.75 Å². The number of hydrogen-bond donors (Lipinski definition) is 3. The number of fused-ring (bicyclic) bond motifs is 3. The van der Waals surface area contributed by atoms with Gasteiger partial charge in [-0.1, -0.05) is 0 Å². The second-order valence-electron chi connectivity index (χ2n) is 8.72. The minimum atomic E-state index is -3.22. The molecule has 2 aromatic rings. The molecule has 3 aliphatic rings. The van der Waals surface area contributed by atoms with E-state index in [4.69, 9.17) is 14.6 Å². The summed E-state index contributed by atoms with van der Waals surface area (Å²) in [6.45, 7) is 2.40. The van der Waals surface area contributed by atoms with Crippen LogP contribution < -0.4 is 4.74 Å². The molecule has 34 heavy (non-hydrogen) atoms. The number of carboxylic acid groups (broad SMARTS) is 1. The maximum atomic E-state index is 13.5. The van der Waals surface area contributed by atoms with Crippen LogP contribution in [0.25, 0.3) is 11.3 Å². The summed E-state index contributed by atoms with van der Waals surface area (Å²) in [7, 11) is -1.69. The molecular formula is C22H28N4O7S. The third-order valence-corrected chi connectivity index (χ3v) is 8.41. The van der Waals surface area contributed by atoms with Gasteiger partial charge in [-0.05, 0) is 31.0 Å². The molecule has 3 N–H and O–H groups in total. The molecular weight excluding hydrogens is 464 g/mol. The number of nitrogens with zero attached hydrogens (tertiary/aromatic N) is 4. The van der Waals surface area contributed by atoms with Crippen molar-refractivity contribution in [1.29, 1.82) is 0 Å². The monoisotopic (exact) mass is 492 g/mol. The minimum Gasteiger partial charge on any atom is -0.497 e. The number of carbonyl (C=O) groups is 2. The summed E-state index contributed by atoms with van der Waals surface area (Å²) in [6, 6.07) is 4.74. The molecule has 0 bridgehead atoms. The summed E-state index contributed by atoms with van der Waals surface area (Å²) in [6.07, 6.45) is 0.364. The lowest BCUT2D eigenvalue weighted by molar-refractivity contribution is 0.0297. The van der Waals surface area contributed by atoms with Gasteiger partial charge in [-0.15, -0.1) is 0 Å². The molecule has 11 nitrogen and oxygen atoms in total. The van der Waals surface area contributed by atoms with Gasteiger partial charge in [0.2, 0.25) is 0 Å². The van der Waals surface area contributed by atoms with Crippen LogP contribution in [0.2, 0.25) is 0 Å². The van der Waals surface area contributed by atoms with Gasteiger partial charge >= 0.3 is 6.09 Å². The van der Waals surface area contributed by atoms with E-state index >= 15 is 0 Å². The Morgan fingerprint density at radius 3 is 2.65 bits per heavy atom. The second-order valence-corrected chi connectivity index (χ2v) is 10.8. The largest absolute Gasteiger partial charge is 0.497 e. The Morgan fingerprint density at radius 1 is 1.18 bits per heavy atom. The normalized spacial score (nSPS) is 22.5. The highest BCUT2D eigenvalue weighted by Crippen LogP contribution is 2.60. The van der Waals surface area contributed by atoms with Crippen molar-refractivity contribution < 1.29 is 33.3 Å². The summed E-state index contributed by atoms with van der Waals surface area (Å²) in [5.41, 5.74) is 1.82. The van der Waals surface area contributed by atoms with E-state index in [0.29, 0.717) is 73.2 Å². The van der Waals surface area contributed by atoms with Crippen LogP contribution in [0.4, 0.5) is 4.79 Å². The van der Waals surface area contributed by atoms with Crippen molar-refractivity contribution in [3.8, 4) is 17.0 Å². The third-order valence-electron chi connectivity index (χ3n) is 6.66. The molecule has 2 saturated heterocycles.